The Morgan fingerprint density at radius 2 is 2.19 bits per heavy atom. The standard InChI is InChI=1S/C15H17N3O3/c1-10-6-13(18-21-10)15(19)17-14-9-20-8-12(14)7-11-2-4-16-5-3-11/h2-6,12,14H,7-9H2,1H3,(H,17,19)/t12-,14+/m1/s1. The topological polar surface area (TPSA) is 77.2 Å². The Bertz CT molecular complexity index is 612. The molecular formula is C15H17N3O3. The molecule has 2 aromatic heterocycles. The van der Waals surface area contributed by atoms with Crippen molar-refractivity contribution in [3.8, 4) is 0 Å². The van der Waals surface area contributed by atoms with E-state index >= 15 is 0 Å². The second kappa shape index (κ2) is 6.05. The third-order valence-corrected chi connectivity index (χ3v) is 3.62. The molecular weight excluding hydrogens is 270 g/mol. The summed E-state index contributed by atoms with van der Waals surface area (Å²) in [5.74, 6) is 0.655. The SMILES string of the molecule is Cc1cc(C(=O)N[C@H]2COC[C@H]2Cc2ccncc2)no1. The molecule has 2 atom stereocenters. The van der Waals surface area contributed by atoms with Gasteiger partial charge >= 0.3 is 0 Å². The van der Waals surface area contributed by atoms with Crippen molar-refractivity contribution in [3.05, 3.63) is 47.6 Å². The van der Waals surface area contributed by atoms with E-state index in [0.717, 1.165) is 6.42 Å². The highest BCUT2D eigenvalue weighted by molar-refractivity contribution is 5.92. The van der Waals surface area contributed by atoms with Gasteiger partial charge < -0.3 is 14.6 Å². The van der Waals surface area contributed by atoms with Crippen LogP contribution in [0.5, 0.6) is 0 Å². The number of carbonyl (C=O) groups is 1. The van der Waals surface area contributed by atoms with Crippen molar-refractivity contribution in [2.75, 3.05) is 13.2 Å². The summed E-state index contributed by atoms with van der Waals surface area (Å²) in [6.07, 6.45) is 4.40. The number of hydrogen-bond donors (Lipinski definition) is 1. The largest absolute Gasteiger partial charge is 0.379 e. The van der Waals surface area contributed by atoms with Crippen LogP contribution in [0.2, 0.25) is 0 Å². The summed E-state index contributed by atoms with van der Waals surface area (Å²) in [5, 5.41) is 6.71. The van der Waals surface area contributed by atoms with Crippen molar-refractivity contribution >= 4 is 5.91 Å². The molecule has 3 heterocycles. The Labute approximate surface area is 122 Å². The highest BCUT2D eigenvalue weighted by Crippen LogP contribution is 2.19. The van der Waals surface area contributed by atoms with Gasteiger partial charge in [-0.3, -0.25) is 9.78 Å². The Hall–Kier alpha value is -2.21. The normalized spacial score (nSPS) is 21.4. The number of carbonyl (C=O) groups excluding carboxylic acids is 1. The minimum absolute atomic E-state index is 0.0114. The Balaban J connectivity index is 1.63. The number of nitrogens with zero attached hydrogens (tertiary/aromatic N) is 2. The predicted octanol–water partition coefficient (Wildman–Crippen LogP) is 1.37. The maximum atomic E-state index is 12.1. The molecule has 1 aliphatic heterocycles. The van der Waals surface area contributed by atoms with Crippen LogP contribution in [0.4, 0.5) is 0 Å². The third-order valence-electron chi connectivity index (χ3n) is 3.62. The van der Waals surface area contributed by atoms with Crippen molar-refractivity contribution in [3.63, 3.8) is 0 Å². The molecule has 0 radical (unpaired) electrons. The fourth-order valence-corrected chi connectivity index (χ4v) is 2.50. The average molecular weight is 287 g/mol. The van der Waals surface area contributed by atoms with Crippen LogP contribution in [0.1, 0.15) is 21.8 Å². The summed E-state index contributed by atoms with van der Waals surface area (Å²) in [7, 11) is 0. The van der Waals surface area contributed by atoms with E-state index in [0.29, 0.717) is 24.7 Å². The van der Waals surface area contributed by atoms with Gasteiger partial charge in [0.1, 0.15) is 5.76 Å². The highest BCUT2D eigenvalue weighted by Gasteiger charge is 2.30. The number of aryl methyl sites for hydroxylation is 1. The zero-order valence-electron chi connectivity index (χ0n) is 11.8. The van der Waals surface area contributed by atoms with Gasteiger partial charge in [-0.2, -0.15) is 0 Å². The number of nitrogens with one attached hydrogen (secondary N) is 1. The summed E-state index contributed by atoms with van der Waals surface area (Å²) in [6, 6.07) is 5.59. The molecule has 21 heavy (non-hydrogen) atoms. The molecule has 1 fully saturated rings. The first-order chi connectivity index (χ1) is 10.2. The summed E-state index contributed by atoms with van der Waals surface area (Å²) >= 11 is 0. The lowest BCUT2D eigenvalue weighted by molar-refractivity contribution is 0.0916. The van der Waals surface area contributed by atoms with Crippen molar-refractivity contribution in [1.82, 2.24) is 15.5 Å². The van der Waals surface area contributed by atoms with E-state index in [4.69, 9.17) is 9.26 Å². The molecule has 0 bridgehead atoms. The number of rotatable bonds is 4. The van der Waals surface area contributed by atoms with Gasteiger partial charge in [0, 0.05) is 24.4 Å². The average Bonchev–Trinajstić information content (AvgIpc) is 3.10. The number of hydrogen-bond acceptors (Lipinski definition) is 5. The van der Waals surface area contributed by atoms with Gasteiger partial charge in [-0.15, -0.1) is 0 Å². The molecule has 0 spiro atoms. The van der Waals surface area contributed by atoms with Crippen LogP contribution in [-0.4, -0.2) is 35.3 Å². The Morgan fingerprint density at radius 3 is 2.90 bits per heavy atom. The fraction of sp³-hybridized carbons (Fsp3) is 0.400. The first-order valence-electron chi connectivity index (χ1n) is 6.93. The molecule has 0 unspecified atom stereocenters. The van der Waals surface area contributed by atoms with Gasteiger partial charge in [0.2, 0.25) is 0 Å². The van der Waals surface area contributed by atoms with E-state index in [1.165, 1.54) is 5.56 Å². The van der Waals surface area contributed by atoms with Crippen LogP contribution < -0.4 is 5.32 Å². The number of ether oxygens (including phenoxy) is 1. The van der Waals surface area contributed by atoms with Crippen molar-refractivity contribution in [1.29, 1.82) is 0 Å². The molecule has 110 valence electrons. The molecule has 1 saturated heterocycles. The first-order valence-corrected chi connectivity index (χ1v) is 6.93. The quantitative estimate of drug-likeness (QED) is 0.919. The molecule has 0 aliphatic carbocycles. The molecule has 2 aromatic rings. The summed E-state index contributed by atoms with van der Waals surface area (Å²) in [5.41, 5.74) is 1.50. The second-order valence-corrected chi connectivity index (χ2v) is 5.26. The van der Waals surface area contributed by atoms with Crippen LogP contribution in [-0.2, 0) is 11.2 Å². The van der Waals surface area contributed by atoms with E-state index in [2.05, 4.69) is 15.5 Å². The minimum Gasteiger partial charge on any atom is -0.379 e. The summed E-state index contributed by atoms with van der Waals surface area (Å²) in [4.78, 5) is 16.1. The van der Waals surface area contributed by atoms with Gasteiger partial charge in [0.05, 0.1) is 19.3 Å². The van der Waals surface area contributed by atoms with Crippen molar-refractivity contribution in [2.45, 2.75) is 19.4 Å². The van der Waals surface area contributed by atoms with Crippen LogP contribution in [0.25, 0.3) is 0 Å². The van der Waals surface area contributed by atoms with Gasteiger partial charge in [-0.05, 0) is 31.0 Å². The van der Waals surface area contributed by atoms with Crippen LogP contribution in [0.15, 0.2) is 35.1 Å². The molecule has 3 rings (SSSR count). The molecule has 0 aromatic carbocycles. The Morgan fingerprint density at radius 1 is 1.38 bits per heavy atom. The molecule has 6 heteroatoms. The summed E-state index contributed by atoms with van der Waals surface area (Å²) in [6.45, 7) is 2.93. The van der Waals surface area contributed by atoms with Gasteiger partial charge in [0.25, 0.3) is 5.91 Å². The van der Waals surface area contributed by atoms with E-state index in [-0.39, 0.29) is 17.9 Å². The lowest BCUT2D eigenvalue weighted by Crippen LogP contribution is -2.40. The van der Waals surface area contributed by atoms with E-state index in [1.807, 2.05) is 12.1 Å². The van der Waals surface area contributed by atoms with Crippen LogP contribution >= 0.6 is 0 Å². The fourth-order valence-electron chi connectivity index (χ4n) is 2.50. The lowest BCUT2D eigenvalue weighted by atomic mass is 9.95. The first kappa shape index (κ1) is 13.8. The predicted molar refractivity (Wildman–Crippen MR) is 74.7 cm³/mol. The second-order valence-electron chi connectivity index (χ2n) is 5.26. The smallest absolute Gasteiger partial charge is 0.273 e. The molecule has 1 N–H and O–H groups in total. The maximum absolute atomic E-state index is 12.1. The minimum atomic E-state index is -0.220. The van der Waals surface area contributed by atoms with Gasteiger partial charge in [0.15, 0.2) is 5.69 Å². The monoisotopic (exact) mass is 287 g/mol. The highest BCUT2D eigenvalue weighted by atomic mass is 16.5. The number of aromatic nitrogens is 2. The third kappa shape index (κ3) is 3.28. The molecule has 6 nitrogen and oxygen atoms in total. The van der Waals surface area contributed by atoms with Crippen molar-refractivity contribution in [2.24, 2.45) is 5.92 Å². The number of pyridine rings is 1. The van der Waals surface area contributed by atoms with Crippen molar-refractivity contribution < 1.29 is 14.1 Å². The van der Waals surface area contributed by atoms with E-state index in [9.17, 15) is 4.79 Å². The molecule has 1 aliphatic rings. The van der Waals surface area contributed by atoms with Gasteiger partial charge in [-0.25, -0.2) is 0 Å². The van der Waals surface area contributed by atoms with E-state index in [1.54, 1.807) is 25.4 Å². The van der Waals surface area contributed by atoms with E-state index < -0.39 is 0 Å². The van der Waals surface area contributed by atoms with Crippen LogP contribution in [0, 0.1) is 12.8 Å². The van der Waals surface area contributed by atoms with Crippen LogP contribution in [0.3, 0.4) is 0 Å². The molecule has 1 amide bonds. The Kier molecular flexibility index (Phi) is 3.96. The maximum Gasteiger partial charge on any atom is 0.273 e. The molecule has 0 saturated carbocycles. The zero-order chi connectivity index (χ0) is 14.7. The zero-order valence-corrected chi connectivity index (χ0v) is 11.8. The summed E-state index contributed by atoms with van der Waals surface area (Å²) < 4.78 is 10.4. The van der Waals surface area contributed by atoms with Gasteiger partial charge in [-0.1, -0.05) is 5.16 Å². The lowest BCUT2D eigenvalue weighted by Gasteiger charge is -2.18. The number of amides is 1.